The monoisotopic (exact) mass is 348 g/mol. The molecule has 0 bridgehead atoms. The van der Waals surface area contributed by atoms with Gasteiger partial charge in [0.1, 0.15) is 17.2 Å². The lowest BCUT2D eigenvalue weighted by molar-refractivity contribution is -0.135. The van der Waals surface area contributed by atoms with Gasteiger partial charge in [0.05, 0.1) is 25.1 Å². The fraction of sp³-hybridized carbons (Fsp3) is 0.188. The lowest BCUT2D eigenvalue weighted by Gasteiger charge is -2.12. The molecule has 1 aromatic heterocycles. The van der Waals surface area contributed by atoms with Gasteiger partial charge < -0.3 is 20.9 Å². The van der Waals surface area contributed by atoms with Crippen LogP contribution >= 0.6 is 0 Å². The number of aliphatic hydroxyl groups excluding tert-OH is 1. The molecule has 0 aliphatic heterocycles. The van der Waals surface area contributed by atoms with Crippen LogP contribution in [0.5, 0.6) is 0 Å². The van der Waals surface area contributed by atoms with Crippen molar-refractivity contribution in [3.05, 3.63) is 53.0 Å². The molecule has 0 unspecified atom stereocenters. The number of carbonyl (C=O) groups excluding carboxylic acids is 1. The zero-order valence-corrected chi connectivity index (χ0v) is 13.5. The number of halogens is 1. The van der Waals surface area contributed by atoms with Crippen molar-refractivity contribution in [1.29, 1.82) is 0 Å². The molecule has 0 aliphatic carbocycles. The predicted octanol–water partition coefficient (Wildman–Crippen LogP) is -0.231. The fourth-order valence-corrected chi connectivity index (χ4v) is 2.17. The Morgan fingerprint density at radius 1 is 1.44 bits per heavy atom. The second kappa shape index (κ2) is 8.06. The Morgan fingerprint density at radius 3 is 2.84 bits per heavy atom. The van der Waals surface area contributed by atoms with Crippen LogP contribution in [0.4, 0.5) is 20.7 Å². The standard InChI is InChI=1S/C16H18FN5O3/c1-25-15(19)14-11(18)6-13(21-12(14)8-23)22-16(24)20-7-9-3-2-4-10(17)5-9/h2-6,19,23H,7-8H2,1H3,(H4,18,20,21,22,24)/p+1. The van der Waals surface area contributed by atoms with E-state index in [4.69, 9.17) is 15.9 Å². The number of urea groups is 1. The number of anilines is 2. The minimum atomic E-state index is -0.559. The molecule has 1 heterocycles. The van der Waals surface area contributed by atoms with Crippen LogP contribution in [0.3, 0.4) is 0 Å². The van der Waals surface area contributed by atoms with Crippen molar-refractivity contribution >= 4 is 23.4 Å². The summed E-state index contributed by atoms with van der Waals surface area (Å²) in [5.74, 6) is -0.244. The summed E-state index contributed by atoms with van der Waals surface area (Å²) in [4.78, 5) is 16.0. The van der Waals surface area contributed by atoms with Crippen LogP contribution in [0.25, 0.3) is 0 Å². The van der Waals surface area contributed by atoms with Crippen molar-refractivity contribution in [2.24, 2.45) is 0 Å². The molecule has 0 saturated carbocycles. The first-order valence-electron chi connectivity index (χ1n) is 7.31. The topological polar surface area (TPSA) is 135 Å². The highest BCUT2D eigenvalue weighted by molar-refractivity contribution is 5.97. The lowest BCUT2D eigenvalue weighted by atomic mass is 10.1. The maximum Gasteiger partial charge on any atom is 0.370 e. The summed E-state index contributed by atoms with van der Waals surface area (Å²) in [7, 11) is 1.36. The first-order valence-corrected chi connectivity index (χ1v) is 7.31. The molecule has 0 fully saturated rings. The number of aliphatic hydroxyl groups is 1. The minimum Gasteiger partial charge on any atom is -0.448 e. The molecule has 0 saturated heterocycles. The molecular formula is C16H19FN5O3+. The van der Waals surface area contributed by atoms with Gasteiger partial charge in [0.15, 0.2) is 0 Å². The third kappa shape index (κ3) is 4.64. The van der Waals surface area contributed by atoms with Crippen LogP contribution in [0.1, 0.15) is 16.8 Å². The molecule has 0 spiro atoms. The summed E-state index contributed by atoms with van der Waals surface area (Å²) >= 11 is 0. The van der Waals surface area contributed by atoms with Crippen LogP contribution in [0, 0.1) is 5.82 Å². The molecule has 8 nitrogen and oxygen atoms in total. The van der Waals surface area contributed by atoms with Gasteiger partial charge in [0, 0.05) is 12.6 Å². The Labute approximate surface area is 143 Å². The number of carbonyl (C=O) groups is 1. The average Bonchev–Trinajstić information content (AvgIpc) is 2.59. The molecule has 25 heavy (non-hydrogen) atoms. The summed E-state index contributed by atoms with van der Waals surface area (Å²) < 4.78 is 18.0. The third-order valence-electron chi connectivity index (χ3n) is 3.32. The zero-order chi connectivity index (χ0) is 18.4. The summed E-state index contributed by atoms with van der Waals surface area (Å²) in [5, 5.41) is 20.2. The van der Waals surface area contributed by atoms with E-state index in [1.165, 1.54) is 25.3 Å². The van der Waals surface area contributed by atoms with Gasteiger partial charge in [-0.15, -0.1) is 0 Å². The van der Waals surface area contributed by atoms with E-state index in [1.54, 1.807) is 12.1 Å². The molecule has 2 aromatic rings. The molecule has 7 N–H and O–H groups in total. The average molecular weight is 348 g/mol. The number of nitrogens with one attached hydrogen (secondary N) is 2. The third-order valence-corrected chi connectivity index (χ3v) is 3.32. The largest absolute Gasteiger partial charge is 0.448 e. The van der Waals surface area contributed by atoms with Gasteiger partial charge in [-0.25, -0.2) is 19.6 Å². The molecule has 2 rings (SSSR count). The molecule has 0 atom stereocenters. The number of nitrogens with zero attached hydrogens (tertiary/aromatic N) is 1. The number of pyridine rings is 1. The van der Waals surface area contributed by atoms with E-state index < -0.39 is 12.6 Å². The van der Waals surface area contributed by atoms with Crippen LogP contribution in [0.2, 0.25) is 0 Å². The summed E-state index contributed by atoms with van der Waals surface area (Å²) in [6.07, 6.45) is 0. The molecule has 1 aromatic carbocycles. The second-order valence-corrected chi connectivity index (χ2v) is 5.08. The second-order valence-electron chi connectivity index (χ2n) is 5.08. The number of rotatable bonds is 5. The normalized spacial score (nSPS) is 10.2. The van der Waals surface area contributed by atoms with Crippen molar-refractivity contribution in [2.75, 3.05) is 18.2 Å². The Morgan fingerprint density at radius 2 is 2.20 bits per heavy atom. The number of nitrogens with two attached hydrogens (primary N) is 2. The first-order chi connectivity index (χ1) is 11.9. The maximum absolute atomic E-state index is 13.1. The van der Waals surface area contributed by atoms with E-state index in [1.807, 2.05) is 0 Å². The molecule has 2 amide bonds. The lowest BCUT2D eigenvalue weighted by Crippen LogP contribution is -2.42. The number of aromatic nitrogens is 1. The number of methoxy groups -OCH3 is 1. The predicted molar refractivity (Wildman–Crippen MR) is 89.9 cm³/mol. The van der Waals surface area contributed by atoms with Crippen LogP contribution in [-0.2, 0) is 17.9 Å². The van der Waals surface area contributed by atoms with Crippen LogP contribution in [-0.4, -0.2) is 29.1 Å². The van der Waals surface area contributed by atoms with Crippen molar-refractivity contribution in [3.63, 3.8) is 0 Å². The molecule has 9 heteroatoms. The smallest absolute Gasteiger partial charge is 0.370 e. The number of hydrogen-bond acceptors (Lipinski definition) is 5. The van der Waals surface area contributed by atoms with Crippen LogP contribution < -0.4 is 21.8 Å². The summed E-state index contributed by atoms with van der Waals surface area (Å²) in [6, 6.07) is 6.70. The minimum absolute atomic E-state index is 0.0103. The van der Waals surface area contributed by atoms with Gasteiger partial charge in [-0.3, -0.25) is 5.32 Å². The number of hydrogen-bond donors (Lipinski definition) is 5. The van der Waals surface area contributed by atoms with Crippen molar-refractivity contribution in [3.8, 4) is 0 Å². The maximum atomic E-state index is 13.1. The summed E-state index contributed by atoms with van der Waals surface area (Å²) in [5.41, 5.74) is 7.13. The highest BCUT2D eigenvalue weighted by Gasteiger charge is 2.20. The molecular weight excluding hydrogens is 329 g/mol. The van der Waals surface area contributed by atoms with Gasteiger partial charge in [-0.2, -0.15) is 0 Å². The zero-order valence-electron chi connectivity index (χ0n) is 13.5. The van der Waals surface area contributed by atoms with Crippen LogP contribution in [0.15, 0.2) is 30.3 Å². The highest BCUT2D eigenvalue weighted by Crippen LogP contribution is 2.20. The summed E-state index contributed by atoms with van der Waals surface area (Å²) in [6.45, 7) is -0.307. The van der Waals surface area contributed by atoms with Gasteiger partial charge in [-0.1, -0.05) is 12.1 Å². The highest BCUT2D eigenvalue weighted by atomic mass is 19.1. The van der Waals surface area contributed by atoms with E-state index in [0.717, 1.165) is 0 Å². The fourth-order valence-electron chi connectivity index (χ4n) is 2.17. The van der Waals surface area contributed by atoms with E-state index in [0.29, 0.717) is 5.56 Å². The Kier molecular flexibility index (Phi) is 5.85. The Hall–Kier alpha value is -3.20. The van der Waals surface area contributed by atoms with E-state index in [-0.39, 0.29) is 41.0 Å². The van der Waals surface area contributed by atoms with Crippen molar-refractivity contribution in [2.45, 2.75) is 13.2 Å². The SMILES string of the molecule is COC(=[NH2+])c1c(N)cc(NC(=O)NCc2cccc(F)c2)nc1CO. The number of benzene rings is 1. The first kappa shape index (κ1) is 18.1. The van der Waals surface area contributed by atoms with Crippen molar-refractivity contribution < 1.29 is 24.4 Å². The van der Waals surface area contributed by atoms with Gasteiger partial charge in [0.25, 0.3) is 0 Å². The number of ether oxygens (including phenoxy) is 1. The Balaban J connectivity index is 2.07. The quantitative estimate of drug-likeness (QED) is 0.376. The number of amides is 2. The van der Waals surface area contributed by atoms with E-state index >= 15 is 0 Å². The van der Waals surface area contributed by atoms with E-state index in [9.17, 15) is 14.3 Å². The van der Waals surface area contributed by atoms with E-state index in [2.05, 4.69) is 15.6 Å². The van der Waals surface area contributed by atoms with Gasteiger partial charge >= 0.3 is 11.9 Å². The molecule has 132 valence electrons. The van der Waals surface area contributed by atoms with Gasteiger partial charge in [-0.05, 0) is 17.7 Å². The Bertz CT molecular complexity index is 797. The molecule has 0 aliphatic rings. The molecule has 0 radical (unpaired) electrons. The van der Waals surface area contributed by atoms with Crippen molar-refractivity contribution in [1.82, 2.24) is 10.3 Å². The number of nitrogen functional groups attached to an aromatic ring is 1. The van der Waals surface area contributed by atoms with Gasteiger partial charge in [0.2, 0.25) is 0 Å².